The van der Waals surface area contributed by atoms with Crippen LogP contribution in [0, 0.1) is 0 Å². The van der Waals surface area contributed by atoms with Gasteiger partial charge in [-0.3, -0.25) is 0 Å². The van der Waals surface area contributed by atoms with E-state index in [2.05, 4.69) is 19.9 Å². The third kappa shape index (κ3) is 3.21. The molecule has 4 rings (SSSR count). The van der Waals surface area contributed by atoms with Crippen molar-refractivity contribution in [3.63, 3.8) is 0 Å². The smallest absolute Gasteiger partial charge is 0.363 e. The molecule has 0 N–H and O–H groups in total. The topological polar surface area (TPSA) is 78.1 Å². The SMILES string of the molecule is O=C(Oc1ccc(Cl)cc1Cl)c1csc(-c2ccc3nonc3c2)n1. The largest absolute Gasteiger partial charge is 0.420 e. The highest BCUT2D eigenvalue weighted by Gasteiger charge is 2.16. The molecule has 2 heterocycles. The van der Waals surface area contributed by atoms with Crippen LogP contribution in [0.2, 0.25) is 10.0 Å². The summed E-state index contributed by atoms with van der Waals surface area (Å²) < 4.78 is 9.94. The van der Waals surface area contributed by atoms with Gasteiger partial charge in [-0.15, -0.1) is 11.3 Å². The Hall–Kier alpha value is -2.48. The van der Waals surface area contributed by atoms with Crippen LogP contribution in [0.15, 0.2) is 46.4 Å². The minimum Gasteiger partial charge on any atom is -0.420 e. The Kier molecular flexibility index (Phi) is 4.12. The van der Waals surface area contributed by atoms with Gasteiger partial charge in [0.15, 0.2) is 5.69 Å². The molecule has 0 saturated carbocycles. The van der Waals surface area contributed by atoms with Crippen molar-refractivity contribution < 1.29 is 14.2 Å². The molecule has 0 bridgehead atoms. The molecule has 0 aliphatic heterocycles. The molecule has 0 radical (unpaired) electrons. The fourth-order valence-electron chi connectivity index (χ4n) is 2.13. The summed E-state index contributed by atoms with van der Waals surface area (Å²) >= 11 is 13.1. The van der Waals surface area contributed by atoms with Gasteiger partial charge in [0.05, 0.1) is 5.02 Å². The molecule has 6 nitrogen and oxygen atoms in total. The summed E-state index contributed by atoms with van der Waals surface area (Å²) in [5.74, 6) is -0.378. The summed E-state index contributed by atoms with van der Waals surface area (Å²) in [6.07, 6.45) is 0. The van der Waals surface area contributed by atoms with E-state index in [1.165, 1.54) is 23.5 Å². The van der Waals surface area contributed by atoms with Crippen molar-refractivity contribution in [1.82, 2.24) is 15.3 Å². The van der Waals surface area contributed by atoms with E-state index < -0.39 is 5.97 Å². The first-order valence-electron chi connectivity index (χ1n) is 6.95. The number of carbonyl (C=O) groups is 1. The number of carbonyl (C=O) groups excluding carboxylic acids is 1. The van der Waals surface area contributed by atoms with Gasteiger partial charge in [0, 0.05) is 16.0 Å². The van der Waals surface area contributed by atoms with E-state index >= 15 is 0 Å². The van der Waals surface area contributed by atoms with Crippen molar-refractivity contribution >= 4 is 51.5 Å². The first-order valence-corrected chi connectivity index (χ1v) is 8.59. The maximum absolute atomic E-state index is 12.3. The molecule has 9 heteroatoms. The highest BCUT2D eigenvalue weighted by Crippen LogP contribution is 2.30. The maximum Gasteiger partial charge on any atom is 0.363 e. The highest BCUT2D eigenvalue weighted by molar-refractivity contribution is 7.13. The molecule has 0 fully saturated rings. The Labute approximate surface area is 154 Å². The number of aromatic nitrogens is 3. The summed E-state index contributed by atoms with van der Waals surface area (Å²) in [6.45, 7) is 0. The molecule has 2 aromatic heterocycles. The number of thiazole rings is 1. The summed E-state index contributed by atoms with van der Waals surface area (Å²) in [5.41, 5.74) is 2.25. The molecule has 0 aliphatic carbocycles. The van der Waals surface area contributed by atoms with Gasteiger partial charge in [-0.1, -0.05) is 23.2 Å². The van der Waals surface area contributed by atoms with Crippen LogP contribution < -0.4 is 4.74 Å². The third-order valence-corrected chi connectivity index (χ3v) is 4.73. The third-order valence-electron chi connectivity index (χ3n) is 3.31. The molecule has 0 atom stereocenters. The Morgan fingerprint density at radius 1 is 1.08 bits per heavy atom. The first-order chi connectivity index (χ1) is 12.1. The predicted molar refractivity (Wildman–Crippen MR) is 94.3 cm³/mol. The van der Waals surface area contributed by atoms with Crippen LogP contribution in [0.4, 0.5) is 0 Å². The quantitative estimate of drug-likeness (QED) is 0.366. The summed E-state index contributed by atoms with van der Waals surface area (Å²) in [7, 11) is 0. The van der Waals surface area contributed by atoms with Crippen molar-refractivity contribution in [2.45, 2.75) is 0 Å². The van der Waals surface area contributed by atoms with Crippen molar-refractivity contribution in [2.75, 3.05) is 0 Å². The fraction of sp³-hybridized carbons (Fsp3) is 0. The average Bonchev–Trinajstić information content (AvgIpc) is 3.25. The molecule has 0 spiro atoms. The van der Waals surface area contributed by atoms with Gasteiger partial charge in [-0.2, -0.15) is 0 Å². The normalized spacial score (nSPS) is 11.0. The van der Waals surface area contributed by atoms with E-state index in [4.69, 9.17) is 27.9 Å². The minimum absolute atomic E-state index is 0.185. The zero-order valence-electron chi connectivity index (χ0n) is 12.3. The lowest BCUT2D eigenvalue weighted by molar-refractivity contribution is 0.0729. The second kappa shape index (κ2) is 6.44. The number of esters is 1. The molecule has 0 aliphatic rings. The lowest BCUT2D eigenvalue weighted by Crippen LogP contribution is -2.09. The van der Waals surface area contributed by atoms with Gasteiger partial charge in [-0.05, 0) is 46.7 Å². The number of benzene rings is 2. The standard InChI is InChI=1S/C16H7Cl2N3O3S/c17-9-2-4-14(10(18)6-9)23-16(22)13-7-25-15(19-13)8-1-3-11-12(5-8)21-24-20-11/h1-7H. The molecular formula is C16H7Cl2N3O3S. The summed E-state index contributed by atoms with van der Waals surface area (Å²) in [5, 5.41) is 10.5. The van der Waals surface area contributed by atoms with E-state index in [1.54, 1.807) is 23.6 Å². The number of fused-ring (bicyclic) bond motifs is 1. The average molecular weight is 392 g/mol. The molecule has 4 aromatic rings. The Morgan fingerprint density at radius 3 is 2.76 bits per heavy atom. The monoisotopic (exact) mass is 391 g/mol. The van der Waals surface area contributed by atoms with E-state index in [9.17, 15) is 4.79 Å². The summed E-state index contributed by atoms with van der Waals surface area (Å²) in [6, 6.07) is 10.0. The van der Waals surface area contributed by atoms with Crippen LogP contribution in [-0.4, -0.2) is 21.3 Å². The molecule has 124 valence electrons. The van der Waals surface area contributed by atoms with Gasteiger partial charge in [0.2, 0.25) is 0 Å². The van der Waals surface area contributed by atoms with Gasteiger partial charge in [-0.25, -0.2) is 14.4 Å². The van der Waals surface area contributed by atoms with E-state index in [0.717, 1.165) is 5.56 Å². The second-order valence-corrected chi connectivity index (χ2v) is 6.67. The van der Waals surface area contributed by atoms with Gasteiger partial charge >= 0.3 is 5.97 Å². The minimum atomic E-state index is -0.601. The molecule has 0 saturated heterocycles. The van der Waals surface area contributed by atoms with Crippen molar-refractivity contribution in [3.8, 4) is 16.3 Å². The number of halogens is 2. The van der Waals surface area contributed by atoms with E-state index in [0.29, 0.717) is 21.1 Å². The maximum atomic E-state index is 12.3. The highest BCUT2D eigenvalue weighted by atomic mass is 35.5. The summed E-state index contributed by atoms with van der Waals surface area (Å²) in [4.78, 5) is 16.6. The van der Waals surface area contributed by atoms with Crippen molar-refractivity contribution in [3.05, 3.63) is 57.5 Å². The van der Waals surface area contributed by atoms with Crippen LogP contribution in [0.5, 0.6) is 5.75 Å². The van der Waals surface area contributed by atoms with Crippen LogP contribution >= 0.6 is 34.5 Å². The predicted octanol–water partition coefficient (Wildman–Crippen LogP) is 4.87. The molecule has 25 heavy (non-hydrogen) atoms. The van der Waals surface area contributed by atoms with Crippen LogP contribution in [0.3, 0.4) is 0 Å². The van der Waals surface area contributed by atoms with Gasteiger partial charge in [0.1, 0.15) is 21.8 Å². The van der Waals surface area contributed by atoms with E-state index in [1.807, 2.05) is 6.07 Å². The van der Waals surface area contributed by atoms with Crippen molar-refractivity contribution in [2.24, 2.45) is 0 Å². The van der Waals surface area contributed by atoms with E-state index in [-0.39, 0.29) is 16.5 Å². The molecule has 2 aromatic carbocycles. The number of hydrogen-bond donors (Lipinski definition) is 0. The Bertz CT molecular complexity index is 1090. The zero-order chi connectivity index (χ0) is 17.4. The Balaban J connectivity index is 1.58. The zero-order valence-corrected chi connectivity index (χ0v) is 14.6. The van der Waals surface area contributed by atoms with Gasteiger partial charge in [0.25, 0.3) is 0 Å². The molecule has 0 amide bonds. The lowest BCUT2D eigenvalue weighted by atomic mass is 10.2. The molecular weight excluding hydrogens is 385 g/mol. The number of nitrogens with zero attached hydrogens (tertiary/aromatic N) is 3. The van der Waals surface area contributed by atoms with Crippen molar-refractivity contribution in [1.29, 1.82) is 0 Å². The number of rotatable bonds is 3. The van der Waals surface area contributed by atoms with Crippen LogP contribution in [0.1, 0.15) is 10.5 Å². The fourth-order valence-corrected chi connectivity index (χ4v) is 3.36. The molecule has 0 unspecified atom stereocenters. The first kappa shape index (κ1) is 16.0. The van der Waals surface area contributed by atoms with Crippen LogP contribution in [0.25, 0.3) is 21.6 Å². The Morgan fingerprint density at radius 2 is 1.92 bits per heavy atom. The van der Waals surface area contributed by atoms with Gasteiger partial charge < -0.3 is 4.74 Å². The number of ether oxygens (including phenoxy) is 1. The lowest BCUT2D eigenvalue weighted by Gasteiger charge is -2.04. The number of hydrogen-bond acceptors (Lipinski definition) is 7. The van der Waals surface area contributed by atoms with Crippen LogP contribution in [-0.2, 0) is 0 Å². The second-order valence-electron chi connectivity index (χ2n) is 4.97.